The Balaban J connectivity index is 0.855. The van der Waals surface area contributed by atoms with E-state index in [0.29, 0.717) is 0 Å². The van der Waals surface area contributed by atoms with Gasteiger partial charge in [0.25, 0.3) is 0 Å². The molecule has 14 rings (SSSR count). The molecule has 0 aliphatic heterocycles. The fourth-order valence-electron chi connectivity index (χ4n) is 13.5. The second-order valence-corrected chi connectivity index (χ2v) is 22.2. The first-order valence-electron chi connectivity index (χ1n) is 28.8. The summed E-state index contributed by atoms with van der Waals surface area (Å²) in [4.78, 5) is 4.95. The first-order chi connectivity index (χ1) is 39.1. The molecule has 11 aromatic carbocycles. The van der Waals surface area contributed by atoms with Gasteiger partial charge in [-0.25, -0.2) is 0 Å². The second kappa shape index (κ2) is 21.1. The lowest BCUT2D eigenvalue weighted by Gasteiger charge is -2.36. The van der Waals surface area contributed by atoms with Crippen molar-refractivity contribution in [2.75, 3.05) is 9.80 Å². The summed E-state index contributed by atoms with van der Waals surface area (Å²) in [5, 5.41) is 0. The zero-order valence-electron chi connectivity index (χ0n) is 44.9. The maximum absolute atomic E-state index is 2.57. The molecule has 0 aromatic heterocycles. The molecule has 0 atom stereocenters. The standard InChI is InChI=1S/C77H64N2/c1-6-20-55(21-7-1)58-32-38-65(39-33-58)78(70-52-63(56-22-8-2-9-23-56)50-64(53-70)57-24-10-3-11-25-57)66-40-34-59(35-41-66)60-36-42-67(43-37-60)79(68-44-46-72-62(51-68)28-13-4-12-26-61-27-14-15-29-71(61)72)69-45-47-74-73-30-16-17-31-75(73)77(76(74)54-69)48-18-5-19-49-77/h1-3,6-11,14-17,20-25,27,29-47,50-54H,4-5,12-13,18-19,26,28,48-49H2. The smallest absolute Gasteiger partial charge is 0.0473 e. The summed E-state index contributed by atoms with van der Waals surface area (Å²) in [6.45, 7) is 0. The zero-order valence-corrected chi connectivity index (χ0v) is 44.9. The summed E-state index contributed by atoms with van der Waals surface area (Å²) in [6, 6.07) is 99.8. The van der Waals surface area contributed by atoms with Crippen LogP contribution in [0.3, 0.4) is 0 Å². The van der Waals surface area contributed by atoms with E-state index >= 15 is 0 Å². The Morgan fingerprint density at radius 1 is 0.228 bits per heavy atom. The second-order valence-electron chi connectivity index (χ2n) is 22.2. The first-order valence-corrected chi connectivity index (χ1v) is 28.8. The van der Waals surface area contributed by atoms with E-state index < -0.39 is 0 Å². The van der Waals surface area contributed by atoms with Gasteiger partial charge in [0.15, 0.2) is 0 Å². The molecule has 1 spiro atoms. The van der Waals surface area contributed by atoms with Gasteiger partial charge in [0.2, 0.25) is 0 Å². The van der Waals surface area contributed by atoms with Gasteiger partial charge in [-0.3, -0.25) is 0 Å². The van der Waals surface area contributed by atoms with Crippen LogP contribution in [0.1, 0.15) is 73.6 Å². The number of rotatable bonds is 10. The normalized spacial score (nSPS) is 14.2. The maximum atomic E-state index is 2.57. The van der Waals surface area contributed by atoms with Crippen molar-refractivity contribution >= 4 is 34.1 Å². The van der Waals surface area contributed by atoms with Gasteiger partial charge < -0.3 is 9.80 Å². The van der Waals surface area contributed by atoms with Crippen LogP contribution in [-0.4, -0.2) is 0 Å². The molecule has 0 radical (unpaired) electrons. The SMILES string of the molecule is c1ccc(-c2ccc(N(c3ccc(-c4ccc(N(c5ccc6c(c5)CCCCCc5ccccc5-6)c5ccc6c(c5)C5(CCCCC5)c5ccccc5-6)cc4)cc3)c3cc(-c4ccccc4)cc(-c4ccccc4)c3)cc2)cc1. The molecule has 0 unspecified atom stereocenters. The monoisotopic (exact) mass is 1020 g/mol. The van der Waals surface area contributed by atoms with E-state index in [2.05, 4.69) is 277 Å². The van der Waals surface area contributed by atoms with Gasteiger partial charge in [0, 0.05) is 39.5 Å². The molecule has 2 heteroatoms. The number of aryl methyl sites for hydroxylation is 2. The van der Waals surface area contributed by atoms with E-state index in [0.717, 1.165) is 35.6 Å². The van der Waals surface area contributed by atoms with Gasteiger partial charge in [-0.1, -0.05) is 214 Å². The first kappa shape index (κ1) is 48.4. The molecule has 0 N–H and O–H groups in total. The lowest BCUT2D eigenvalue weighted by Crippen LogP contribution is -2.28. The van der Waals surface area contributed by atoms with Crippen LogP contribution in [0.4, 0.5) is 34.1 Å². The molecule has 1 fully saturated rings. The van der Waals surface area contributed by atoms with Gasteiger partial charge in [-0.2, -0.15) is 0 Å². The van der Waals surface area contributed by atoms with Crippen molar-refractivity contribution in [2.24, 2.45) is 0 Å². The Morgan fingerprint density at radius 2 is 0.620 bits per heavy atom. The molecule has 79 heavy (non-hydrogen) atoms. The summed E-state index contributed by atoms with van der Waals surface area (Å²) < 4.78 is 0. The van der Waals surface area contributed by atoms with Gasteiger partial charge in [-0.05, 0) is 206 Å². The van der Waals surface area contributed by atoms with E-state index in [-0.39, 0.29) is 5.41 Å². The Bertz CT molecular complexity index is 3870. The van der Waals surface area contributed by atoms with E-state index in [1.807, 2.05) is 0 Å². The van der Waals surface area contributed by atoms with Crippen LogP contribution in [-0.2, 0) is 18.3 Å². The van der Waals surface area contributed by atoms with Crippen molar-refractivity contribution in [2.45, 2.75) is 69.6 Å². The van der Waals surface area contributed by atoms with Crippen LogP contribution < -0.4 is 9.80 Å². The van der Waals surface area contributed by atoms with Gasteiger partial charge >= 0.3 is 0 Å². The largest absolute Gasteiger partial charge is 0.310 e. The van der Waals surface area contributed by atoms with Crippen LogP contribution in [0.2, 0.25) is 0 Å². The molecule has 2 nitrogen and oxygen atoms in total. The average molecular weight is 1020 g/mol. The van der Waals surface area contributed by atoms with Crippen molar-refractivity contribution in [3.05, 3.63) is 289 Å². The number of benzene rings is 11. The molecule has 11 aromatic rings. The minimum atomic E-state index is 0.0614. The van der Waals surface area contributed by atoms with Crippen LogP contribution >= 0.6 is 0 Å². The summed E-state index contributed by atoms with van der Waals surface area (Å²) >= 11 is 0. The molecule has 0 bridgehead atoms. The van der Waals surface area contributed by atoms with E-state index in [1.54, 1.807) is 0 Å². The number of hydrogen-bond acceptors (Lipinski definition) is 2. The summed E-state index contributed by atoms with van der Waals surface area (Å²) in [5.41, 5.74) is 28.0. The Labute approximate surface area is 467 Å². The van der Waals surface area contributed by atoms with E-state index in [1.165, 1.54) is 152 Å². The van der Waals surface area contributed by atoms with Crippen molar-refractivity contribution in [3.8, 4) is 66.8 Å². The number of nitrogens with zero attached hydrogens (tertiary/aromatic N) is 2. The van der Waals surface area contributed by atoms with Gasteiger partial charge in [0.1, 0.15) is 0 Å². The van der Waals surface area contributed by atoms with Crippen LogP contribution in [0.25, 0.3) is 66.8 Å². The third-order valence-electron chi connectivity index (χ3n) is 17.5. The lowest BCUT2D eigenvalue weighted by molar-refractivity contribution is 0.353. The minimum Gasteiger partial charge on any atom is -0.310 e. The number of hydrogen-bond donors (Lipinski definition) is 0. The Kier molecular flexibility index (Phi) is 12.9. The van der Waals surface area contributed by atoms with Crippen molar-refractivity contribution in [1.82, 2.24) is 0 Å². The topological polar surface area (TPSA) is 6.48 Å². The predicted octanol–water partition coefficient (Wildman–Crippen LogP) is 21.5. The Hall–Kier alpha value is -8.98. The molecule has 1 saturated carbocycles. The third kappa shape index (κ3) is 9.26. The maximum Gasteiger partial charge on any atom is 0.0473 e. The highest BCUT2D eigenvalue weighted by Gasteiger charge is 2.44. The molecule has 3 aliphatic carbocycles. The third-order valence-corrected chi connectivity index (χ3v) is 17.5. The fourth-order valence-corrected chi connectivity index (χ4v) is 13.5. The van der Waals surface area contributed by atoms with Crippen LogP contribution in [0.5, 0.6) is 0 Å². The predicted molar refractivity (Wildman–Crippen MR) is 334 cm³/mol. The minimum absolute atomic E-state index is 0.0614. The molecule has 0 amide bonds. The van der Waals surface area contributed by atoms with Crippen LogP contribution in [0.15, 0.2) is 267 Å². The molecule has 0 saturated heterocycles. The highest BCUT2D eigenvalue weighted by Crippen LogP contribution is 2.57. The summed E-state index contributed by atoms with van der Waals surface area (Å²) in [5.74, 6) is 0. The zero-order chi connectivity index (χ0) is 52.5. The average Bonchev–Trinajstić information content (AvgIpc) is 3.90. The van der Waals surface area contributed by atoms with Gasteiger partial charge in [-0.15, -0.1) is 0 Å². The van der Waals surface area contributed by atoms with Crippen molar-refractivity contribution in [1.29, 1.82) is 0 Å². The molecule has 382 valence electrons. The highest BCUT2D eigenvalue weighted by molar-refractivity contribution is 5.89. The highest BCUT2D eigenvalue weighted by atomic mass is 15.1. The fraction of sp³-hybridized carbons (Fsp3) is 0.143. The number of anilines is 6. The van der Waals surface area contributed by atoms with Crippen molar-refractivity contribution < 1.29 is 0 Å². The van der Waals surface area contributed by atoms with Crippen LogP contribution in [0, 0.1) is 0 Å². The summed E-state index contributed by atoms with van der Waals surface area (Å²) in [6.07, 6.45) is 12.2. The lowest BCUT2D eigenvalue weighted by atomic mass is 9.68. The molecule has 3 aliphatic rings. The van der Waals surface area contributed by atoms with E-state index in [9.17, 15) is 0 Å². The molecule has 0 heterocycles. The molecular weight excluding hydrogens is 953 g/mol. The van der Waals surface area contributed by atoms with E-state index in [4.69, 9.17) is 0 Å². The Morgan fingerprint density at radius 3 is 1.19 bits per heavy atom. The molecular formula is C77H64N2. The number of fused-ring (bicyclic) bond motifs is 8. The van der Waals surface area contributed by atoms with Gasteiger partial charge in [0.05, 0.1) is 0 Å². The van der Waals surface area contributed by atoms with Crippen molar-refractivity contribution in [3.63, 3.8) is 0 Å². The summed E-state index contributed by atoms with van der Waals surface area (Å²) in [7, 11) is 0. The quantitative estimate of drug-likeness (QED) is 0.135.